The largest absolute Gasteiger partial charge is 0.381 e. The van der Waals surface area contributed by atoms with Crippen molar-refractivity contribution in [3.63, 3.8) is 0 Å². The first kappa shape index (κ1) is 24.9. The number of nitrogens with zero attached hydrogens (tertiary/aromatic N) is 3. The molecule has 2 aliphatic rings. The summed E-state index contributed by atoms with van der Waals surface area (Å²) in [5.74, 6) is 0.195. The lowest BCUT2D eigenvalue weighted by Crippen LogP contribution is -2.43. The highest BCUT2D eigenvalue weighted by Crippen LogP contribution is 2.21. The van der Waals surface area contributed by atoms with E-state index in [1.54, 1.807) is 4.68 Å². The number of benzene rings is 2. The molecule has 0 radical (unpaired) electrons. The van der Waals surface area contributed by atoms with Gasteiger partial charge in [-0.15, -0.1) is 0 Å². The summed E-state index contributed by atoms with van der Waals surface area (Å²) < 4.78 is 7.01. The van der Waals surface area contributed by atoms with E-state index in [1.807, 2.05) is 48.5 Å². The van der Waals surface area contributed by atoms with E-state index in [0.29, 0.717) is 43.1 Å². The molecule has 190 valence electrons. The van der Waals surface area contributed by atoms with Crippen LogP contribution in [0.15, 0.2) is 53.3 Å². The number of aromatic nitrogens is 2. The van der Waals surface area contributed by atoms with Gasteiger partial charge in [-0.25, -0.2) is 4.68 Å². The van der Waals surface area contributed by atoms with E-state index < -0.39 is 0 Å². The molecule has 2 aromatic carbocycles. The first-order valence-electron chi connectivity index (χ1n) is 12.9. The van der Waals surface area contributed by atoms with Crippen molar-refractivity contribution < 1.29 is 9.53 Å². The van der Waals surface area contributed by atoms with Crippen LogP contribution in [0.4, 0.5) is 0 Å². The normalized spacial score (nSPS) is 19.1. The maximum atomic E-state index is 13.3. The van der Waals surface area contributed by atoms with Gasteiger partial charge in [-0.1, -0.05) is 41.9 Å². The predicted octanol–water partition coefficient (Wildman–Crippen LogP) is 3.65. The molecule has 36 heavy (non-hydrogen) atoms. The quantitative estimate of drug-likeness (QED) is 0.502. The maximum absolute atomic E-state index is 13.3. The summed E-state index contributed by atoms with van der Waals surface area (Å²) in [6.07, 6.45) is 4.32. The highest BCUT2D eigenvalue weighted by molar-refractivity contribution is 6.30. The van der Waals surface area contributed by atoms with Crippen LogP contribution in [0, 0.1) is 5.92 Å². The number of amides is 1. The summed E-state index contributed by atoms with van der Waals surface area (Å²) in [7, 11) is 0. The zero-order chi connectivity index (χ0) is 24.9. The van der Waals surface area contributed by atoms with Crippen LogP contribution < -0.4 is 10.9 Å². The summed E-state index contributed by atoms with van der Waals surface area (Å²) in [6.45, 7) is 4.25. The third-order valence-corrected chi connectivity index (χ3v) is 7.65. The summed E-state index contributed by atoms with van der Waals surface area (Å²) in [5.41, 5.74) is 1.94. The smallest absolute Gasteiger partial charge is 0.274 e. The topological polar surface area (TPSA) is 76.5 Å². The van der Waals surface area contributed by atoms with Gasteiger partial charge in [-0.05, 0) is 56.0 Å². The molecule has 3 aromatic rings. The van der Waals surface area contributed by atoms with Gasteiger partial charge >= 0.3 is 0 Å². The van der Waals surface area contributed by atoms with Gasteiger partial charge in [-0.2, -0.15) is 5.10 Å². The van der Waals surface area contributed by atoms with E-state index in [-0.39, 0.29) is 23.4 Å². The molecule has 7 nitrogen and oxygen atoms in total. The SMILES string of the molecule is O=C(NCCN1CCC[C@@H]1Cn1nc(Cc2ccc(Cl)cc2)c2ccccc2c1=O)C1CCOCC1. The van der Waals surface area contributed by atoms with Crippen LogP contribution in [0.25, 0.3) is 10.8 Å². The van der Waals surface area contributed by atoms with Crippen molar-refractivity contribution in [1.29, 1.82) is 0 Å². The Bertz CT molecular complexity index is 1250. The Morgan fingerprint density at radius 2 is 1.81 bits per heavy atom. The fourth-order valence-electron chi connectivity index (χ4n) is 5.38. The van der Waals surface area contributed by atoms with Gasteiger partial charge in [0.2, 0.25) is 5.91 Å². The maximum Gasteiger partial charge on any atom is 0.274 e. The molecule has 1 aromatic heterocycles. The number of carbonyl (C=O) groups is 1. The molecule has 8 heteroatoms. The second-order valence-corrected chi connectivity index (χ2v) is 10.2. The second kappa shape index (κ2) is 11.5. The number of likely N-dealkylation sites (tertiary alicyclic amines) is 1. The third kappa shape index (κ3) is 5.80. The standard InChI is InChI=1S/C28H33ClN4O3/c29-22-9-7-20(8-10-22)18-26-24-5-1-2-6-25(24)28(35)33(31-26)19-23-4-3-14-32(23)15-13-30-27(34)21-11-16-36-17-12-21/h1-2,5-10,21,23H,3-4,11-19H2,(H,30,34)/t23-/m1/s1. The minimum Gasteiger partial charge on any atom is -0.381 e. The Balaban J connectivity index is 1.29. The molecule has 1 atom stereocenters. The van der Waals surface area contributed by atoms with E-state index in [9.17, 15) is 9.59 Å². The number of hydrogen-bond donors (Lipinski definition) is 1. The number of fused-ring (bicyclic) bond motifs is 1. The van der Waals surface area contributed by atoms with Crippen LogP contribution in [-0.2, 0) is 22.5 Å². The highest BCUT2D eigenvalue weighted by Gasteiger charge is 2.27. The second-order valence-electron chi connectivity index (χ2n) is 9.79. The summed E-state index contributed by atoms with van der Waals surface area (Å²) in [6, 6.07) is 15.7. The van der Waals surface area contributed by atoms with E-state index in [1.165, 1.54) is 0 Å². The van der Waals surface area contributed by atoms with Crippen molar-refractivity contribution >= 4 is 28.3 Å². The first-order valence-corrected chi connectivity index (χ1v) is 13.3. The first-order chi connectivity index (χ1) is 17.6. The van der Waals surface area contributed by atoms with Crippen molar-refractivity contribution in [2.45, 2.75) is 44.7 Å². The average molecular weight is 509 g/mol. The van der Waals surface area contributed by atoms with Crippen LogP contribution in [0.2, 0.25) is 5.02 Å². The van der Waals surface area contributed by atoms with Gasteiger partial charge in [0.25, 0.3) is 5.56 Å². The lowest BCUT2D eigenvalue weighted by molar-refractivity contribution is -0.127. The van der Waals surface area contributed by atoms with Crippen molar-refractivity contribution in [2.75, 3.05) is 32.8 Å². The van der Waals surface area contributed by atoms with Gasteiger partial charge in [-0.3, -0.25) is 14.5 Å². The van der Waals surface area contributed by atoms with Gasteiger partial charge in [0.05, 0.1) is 17.6 Å². The molecule has 3 heterocycles. The van der Waals surface area contributed by atoms with E-state index in [2.05, 4.69) is 10.2 Å². The van der Waals surface area contributed by atoms with Crippen LogP contribution in [-0.4, -0.2) is 59.5 Å². The summed E-state index contributed by atoms with van der Waals surface area (Å²) in [5, 5.41) is 10.3. The number of ether oxygens (including phenoxy) is 1. The lowest BCUT2D eigenvalue weighted by Gasteiger charge is -2.26. The highest BCUT2D eigenvalue weighted by atomic mass is 35.5. The minimum absolute atomic E-state index is 0.0508. The zero-order valence-corrected chi connectivity index (χ0v) is 21.3. The lowest BCUT2D eigenvalue weighted by atomic mass is 9.99. The van der Waals surface area contributed by atoms with E-state index >= 15 is 0 Å². The molecule has 0 unspecified atom stereocenters. The van der Waals surface area contributed by atoms with Crippen LogP contribution in [0.5, 0.6) is 0 Å². The molecule has 0 spiro atoms. The number of hydrogen-bond acceptors (Lipinski definition) is 5. The van der Waals surface area contributed by atoms with Crippen molar-refractivity contribution in [3.05, 3.63) is 75.2 Å². The van der Waals surface area contributed by atoms with Crippen LogP contribution >= 0.6 is 11.6 Å². The third-order valence-electron chi connectivity index (χ3n) is 7.40. The number of carbonyl (C=O) groups excluding carboxylic acids is 1. The molecular weight excluding hydrogens is 476 g/mol. The Hall–Kier alpha value is -2.74. The number of halogens is 1. The molecule has 1 amide bonds. The Kier molecular flexibility index (Phi) is 7.99. The molecule has 0 aliphatic carbocycles. The van der Waals surface area contributed by atoms with Crippen molar-refractivity contribution in [2.24, 2.45) is 5.92 Å². The van der Waals surface area contributed by atoms with Crippen LogP contribution in [0.1, 0.15) is 36.9 Å². The molecule has 2 aliphatic heterocycles. The summed E-state index contributed by atoms with van der Waals surface area (Å²) in [4.78, 5) is 28.2. The zero-order valence-electron chi connectivity index (χ0n) is 20.5. The van der Waals surface area contributed by atoms with Crippen molar-refractivity contribution in [3.8, 4) is 0 Å². The number of nitrogens with one attached hydrogen (secondary N) is 1. The molecule has 5 rings (SSSR count). The van der Waals surface area contributed by atoms with E-state index in [0.717, 1.165) is 55.4 Å². The van der Waals surface area contributed by atoms with E-state index in [4.69, 9.17) is 21.4 Å². The fourth-order valence-corrected chi connectivity index (χ4v) is 5.50. The Morgan fingerprint density at radius 1 is 1.06 bits per heavy atom. The minimum atomic E-state index is -0.0508. The van der Waals surface area contributed by atoms with Gasteiger partial charge in [0, 0.05) is 55.1 Å². The van der Waals surface area contributed by atoms with Gasteiger partial charge < -0.3 is 10.1 Å². The molecule has 0 bridgehead atoms. The molecule has 1 N–H and O–H groups in total. The molecule has 2 saturated heterocycles. The van der Waals surface area contributed by atoms with Crippen LogP contribution in [0.3, 0.4) is 0 Å². The van der Waals surface area contributed by atoms with Gasteiger partial charge in [0.1, 0.15) is 0 Å². The molecular formula is C28H33ClN4O3. The molecule has 2 fully saturated rings. The number of rotatable bonds is 8. The Morgan fingerprint density at radius 3 is 2.58 bits per heavy atom. The monoisotopic (exact) mass is 508 g/mol. The molecule has 0 saturated carbocycles. The van der Waals surface area contributed by atoms with Crippen molar-refractivity contribution in [1.82, 2.24) is 20.0 Å². The van der Waals surface area contributed by atoms with Gasteiger partial charge in [0.15, 0.2) is 0 Å². The predicted molar refractivity (Wildman–Crippen MR) is 141 cm³/mol. The fraction of sp³-hybridized carbons (Fsp3) is 0.464. The average Bonchev–Trinajstić information content (AvgIpc) is 3.35. The summed E-state index contributed by atoms with van der Waals surface area (Å²) >= 11 is 6.06. The Labute approximate surface area is 216 Å².